The molecule has 0 unspecified atom stereocenters. The van der Waals surface area contributed by atoms with Crippen LogP contribution in [0.1, 0.15) is 46.5 Å². The van der Waals surface area contributed by atoms with Crippen LogP contribution in [-0.4, -0.2) is 49.2 Å². The van der Waals surface area contributed by atoms with Crippen LogP contribution >= 0.6 is 0 Å². The van der Waals surface area contributed by atoms with Crippen LogP contribution in [0.25, 0.3) is 0 Å². The lowest BCUT2D eigenvalue weighted by atomic mass is 10.0. The summed E-state index contributed by atoms with van der Waals surface area (Å²) >= 11 is 0. The lowest BCUT2D eigenvalue weighted by molar-refractivity contribution is -0.168. The maximum Gasteiger partial charge on any atom is 0.320 e. The number of carbonyl (C=O) groups is 2. The highest BCUT2D eigenvalue weighted by atomic mass is 16.6. The van der Waals surface area contributed by atoms with Crippen LogP contribution in [0.3, 0.4) is 0 Å². The van der Waals surface area contributed by atoms with Crippen LogP contribution in [0.5, 0.6) is 0 Å². The monoisotopic (exact) mass is 285 g/mol. The fourth-order valence-electron chi connectivity index (χ4n) is 2.34. The summed E-state index contributed by atoms with van der Waals surface area (Å²) in [5, 5.41) is 0. The Morgan fingerprint density at radius 3 is 2.20 bits per heavy atom. The number of piperidine rings is 1. The van der Waals surface area contributed by atoms with Crippen LogP contribution in [0.2, 0.25) is 0 Å². The van der Waals surface area contributed by atoms with Crippen LogP contribution in [0.15, 0.2) is 0 Å². The van der Waals surface area contributed by atoms with Crippen molar-refractivity contribution in [3.63, 3.8) is 0 Å². The molecule has 1 fully saturated rings. The van der Waals surface area contributed by atoms with Gasteiger partial charge in [0.05, 0.1) is 7.11 Å². The van der Waals surface area contributed by atoms with Crippen molar-refractivity contribution in [3.05, 3.63) is 0 Å². The minimum absolute atomic E-state index is 0.460. The van der Waals surface area contributed by atoms with Crippen LogP contribution in [0.4, 0.5) is 0 Å². The fourth-order valence-corrected chi connectivity index (χ4v) is 2.34. The molecule has 0 N–H and O–H groups in total. The summed E-state index contributed by atoms with van der Waals surface area (Å²) in [5.74, 6) is -1.81. The fraction of sp³-hybridized carbons (Fsp3) is 0.867. The molecule has 0 radical (unpaired) electrons. The molecule has 1 aliphatic heterocycles. The average molecular weight is 285 g/mol. The average Bonchev–Trinajstić information content (AvgIpc) is 2.37. The third-order valence-corrected chi connectivity index (χ3v) is 3.36. The van der Waals surface area contributed by atoms with E-state index in [0.717, 1.165) is 19.6 Å². The number of methoxy groups -OCH3 is 1. The van der Waals surface area contributed by atoms with Gasteiger partial charge in [0.15, 0.2) is 5.92 Å². The smallest absolute Gasteiger partial charge is 0.320 e. The number of esters is 2. The molecule has 0 aromatic heterocycles. The third kappa shape index (κ3) is 5.90. The van der Waals surface area contributed by atoms with E-state index in [1.807, 2.05) is 0 Å². The van der Waals surface area contributed by atoms with Gasteiger partial charge in [-0.15, -0.1) is 0 Å². The van der Waals surface area contributed by atoms with Crippen molar-refractivity contribution in [1.29, 1.82) is 0 Å². The van der Waals surface area contributed by atoms with E-state index in [9.17, 15) is 9.59 Å². The van der Waals surface area contributed by atoms with E-state index < -0.39 is 23.5 Å². The minimum atomic E-state index is -0.818. The zero-order valence-electron chi connectivity index (χ0n) is 13.1. The summed E-state index contributed by atoms with van der Waals surface area (Å²) in [6.45, 7) is 8.21. The van der Waals surface area contributed by atoms with Crippen LogP contribution in [-0.2, 0) is 19.1 Å². The van der Waals surface area contributed by atoms with Crippen molar-refractivity contribution in [2.75, 3.05) is 26.7 Å². The molecule has 0 aromatic rings. The summed E-state index contributed by atoms with van der Waals surface area (Å²) in [6.07, 6.45) is 4.11. The molecule has 5 nitrogen and oxygen atoms in total. The first kappa shape index (κ1) is 17.0. The second-order valence-electron chi connectivity index (χ2n) is 6.30. The molecule has 1 aliphatic rings. The molecule has 0 aliphatic carbocycles. The molecule has 1 atom stereocenters. The molecule has 5 heteroatoms. The number of hydrogen-bond donors (Lipinski definition) is 0. The first-order chi connectivity index (χ1) is 9.33. The van der Waals surface area contributed by atoms with Crippen molar-refractivity contribution >= 4 is 11.9 Å². The Balaban J connectivity index is 2.55. The van der Waals surface area contributed by atoms with Gasteiger partial charge in [0.2, 0.25) is 0 Å². The number of carbonyl (C=O) groups excluding carboxylic acids is 2. The van der Waals surface area contributed by atoms with E-state index in [-0.39, 0.29) is 0 Å². The number of nitrogens with zero attached hydrogens (tertiary/aromatic N) is 1. The first-order valence-corrected chi connectivity index (χ1v) is 7.36. The summed E-state index contributed by atoms with van der Waals surface area (Å²) in [6, 6.07) is 0. The molecule has 0 saturated carbocycles. The Bertz CT molecular complexity index is 329. The van der Waals surface area contributed by atoms with E-state index >= 15 is 0 Å². The summed E-state index contributed by atoms with van der Waals surface area (Å²) in [4.78, 5) is 26.2. The highest BCUT2D eigenvalue weighted by Gasteiger charge is 2.32. The van der Waals surface area contributed by atoms with Gasteiger partial charge >= 0.3 is 11.9 Å². The largest absolute Gasteiger partial charge is 0.468 e. The zero-order chi connectivity index (χ0) is 15.2. The molecule has 0 amide bonds. The molecule has 0 bridgehead atoms. The molecule has 1 saturated heterocycles. The predicted molar refractivity (Wildman–Crippen MR) is 76.3 cm³/mol. The predicted octanol–water partition coefficient (Wildman–Crippen LogP) is 1.99. The molecule has 20 heavy (non-hydrogen) atoms. The molecule has 1 heterocycles. The van der Waals surface area contributed by atoms with Crippen LogP contribution in [0, 0.1) is 5.92 Å². The Morgan fingerprint density at radius 1 is 1.10 bits per heavy atom. The normalized spacial score (nSPS) is 18.4. The summed E-state index contributed by atoms with van der Waals surface area (Å²) < 4.78 is 10.0. The van der Waals surface area contributed by atoms with E-state index in [0.29, 0.717) is 6.42 Å². The highest BCUT2D eigenvalue weighted by molar-refractivity contribution is 5.95. The van der Waals surface area contributed by atoms with Gasteiger partial charge in [0.1, 0.15) is 5.60 Å². The lowest BCUT2D eigenvalue weighted by Crippen LogP contribution is -2.37. The number of ether oxygens (including phenoxy) is 2. The van der Waals surface area contributed by atoms with Gasteiger partial charge in [-0.2, -0.15) is 0 Å². The van der Waals surface area contributed by atoms with Crippen molar-refractivity contribution in [2.45, 2.75) is 52.1 Å². The number of hydrogen-bond acceptors (Lipinski definition) is 5. The Kier molecular flexibility index (Phi) is 6.46. The van der Waals surface area contributed by atoms with Gasteiger partial charge in [-0.05, 0) is 59.7 Å². The maximum absolute atomic E-state index is 12.1. The van der Waals surface area contributed by atoms with Gasteiger partial charge in [-0.25, -0.2) is 0 Å². The molecule has 1 rings (SSSR count). The van der Waals surface area contributed by atoms with Gasteiger partial charge in [-0.1, -0.05) is 6.42 Å². The summed E-state index contributed by atoms with van der Waals surface area (Å²) in [5.41, 5.74) is -0.589. The van der Waals surface area contributed by atoms with Crippen molar-refractivity contribution in [2.24, 2.45) is 5.92 Å². The SMILES string of the molecule is COC(=O)[C@H](CCN1CCCCC1)C(=O)OC(C)(C)C. The second-order valence-corrected chi connectivity index (χ2v) is 6.30. The van der Waals surface area contributed by atoms with Crippen LogP contribution < -0.4 is 0 Å². The standard InChI is InChI=1S/C15H27NO4/c1-15(2,3)20-14(18)12(13(17)19-4)8-11-16-9-6-5-7-10-16/h12H,5-11H2,1-4H3/t12-/m0/s1. The van der Waals surface area contributed by atoms with Gasteiger partial charge in [0, 0.05) is 0 Å². The second kappa shape index (κ2) is 7.62. The third-order valence-electron chi connectivity index (χ3n) is 3.36. The van der Waals surface area contributed by atoms with Crippen molar-refractivity contribution in [3.8, 4) is 0 Å². The zero-order valence-corrected chi connectivity index (χ0v) is 13.1. The molecule has 116 valence electrons. The Hall–Kier alpha value is -1.10. The number of rotatable bonds is 5. The Morgan fingerprint density at radius 2 is 1.70 bits per heavy atom. The van der Waals surface area contributed by atoms with E-state index in [2.05, 4.69) is 4.90 Å². The maximum atomic E-state index is 12.1. The van der Waals surface area contributed by atoms with E-state index in [4.69, 9.17) is 9.47 Å². The Labute approximate surface area is 121 Å². The molecular formula is C15H27NO4. The quantitative estimate of drug-likeness (QED) is 0.571. The van der Waals surface area contributed by atoms with E-state index in [1.54, 1.807) is 20.8 Å². The molecule has 0 spiro atoms. The van der Waals surface area contributed by atoms with E-state index in [1.165, 1.54) is 26.4 Å². The topological polar surface area (TPSA) is 55.8 Å². The van der Waals surface area contributed by atoms with Gasteiger partial charge < -0.3 is 14.4 Å². The van der Waals surface area contributed by atoms with Gasteiger partial charge in [-0.3, -0.25) is 9.59 Å². The highest BCUT2D eigenvalue weighted by Crippen LogP contribution is 2.17. The first-order valence-electron chi connectivity index (χ1n) is 7.36. The number of likely N-dealkylation sites (tertiary alicyclic amines) is 1. The molecular weight excluding hydrogens is 258 g/mol. The van der Waals surface area contributed by atoms with Crippen molar-refractivity contribution in [1.82, 2.24) is 4.90 Å². The molecule has 0 aromatic carbocycles. The summed E-state index contributed by atoms with van der Waals surface area (Å²) in [7, 11) is 1.31. The van der Waals surface area contributed by atoms with Crippen molar-refractivity contribution < 1.29 is 19.1 Å². The van der Waals surface area contributed by atoms with Gasteiger partial charge in [0.25, 0.3) is 0 Å². The minimum Gasteiger partial charge on any atom is -0.468 e. The lowest BCUT2D eigenvalue weighted by Gasteiger charge is -2.28.